The van der Waals surface area contributed by atoms with Gasteiger partial charge in [-0.25, -0.2) is 4.68 Å². The van der Waals surface area contributed by atoms with Crippen molar-refractivity contribution in [2.45, 2.75) is 13.5 Å². The SMILES string of the molecule is Cc1cc(=O)c(C(=O)NCc2ccc3c(c2)OCO3)nn1-c1ccccc1. The number of ether oxygens (including phenoxy) is 2. The van der Waals surface area contributed by atoms with Gasteiger partial charge in [0.05, 0.1) is 5.69 Å². The van der Waals surface area contributed by atoms with Crippen LogP contribution in [0, 0.1) is 6.92 Å². The van der Waals surface area contributed by atoms with Crippen molar-refractivity contribution in [2.75, 3.05) is 6.79 Å². The van der Waals surface area contributed by atoms with Gasteiger partial charge in [0.2, 0.25) is 12.2 Å². The summed E-state index contributed by atoms with van der Waals surface area (Å²) < 4.78 is 12.2. The Labute approximate surface area is 155 Å². The van der Waals surface area contributed by atoms with Crippen molar-refractivity contribution in [2.24, 2.45) is 0 Å². The fourth-order valence-corrected chi connectivity index (χ4v) is 2.85. The number of fused-ring (bicyclic) bond motifs is 1. The van der Waals surface area contributed by atoms with Crippen LogP contribution in [-0.4, -0.2) is 22.5 Å². The Balaban J connectivity index is 1.56. The molecule has 2 aromatic carbocycles. The van der Waals surface area contributed by atoms with Gasteiger partial charge >= 0.3 is 0 Å². The zero-order chi connectivity index (χ0) is 18.8. The lowest BCUT2D eigenvalue weighted by Crippen LogP contribution is -2.31. The van der Waals surface area contributed by atoms with E-state index in [1.165, 1.54) is 6.07 Å². The highest BCUT2D eigenvalue weighted by atomic mass is 16.7. The first-order chi connectivity index (χ1) is 13.1. The summed E-state index contributed by atoms with van der Waals surface area (Å²) in [5.74, 6) is 0.792. The van der Waals surface area contributed by atoms with E-state index in [1.807, 2.05) is 36.4 Å². The van der Waals surface area contributed by atoms with E-state index >= 15 is 0 Å². The molecule has 0 aliphatic carbocycles. The number of hydrogen-bond acceptors (Lipinski definition) is 5. The summed E-state index contributed by atoms with van der Waals surface area (Å²) in [7, 11) is 0. The molecule has 7 heteroatoms. The minimum atomic E-state index is -0.526. The number of aryl methyl sites for hydroxylation is 1. The fourth-order valence-electron chi connectivity index (χ4n) is 2.85. The van der Waals surface area contributed by atoms with E-state index in [9.17, 15) is 9.59 Å². The van der Waals surface area contributed by atoms with Crippen molar-refractivity contribution in [3.8, 4) is 17.2 Å². The van der Waals surface area contributed by atoms with Crippen molar-refractivity contribution in [3.63, 3.8) is 0 Å². The first-order valence-electron chi connectivity index (χ1n) is 8.45. The molecule has 1 N–H and O–H groups in total. The number of amides is 1. The third-order valence-electron chi connectivity index (χ3n) is 4.21. The van der Waals surface area contributed by atoms with Gasteiger partial charge in [-0.2, -0.15) is 5.10 Å². The highest BCUT2D eigenvalue weighted by Crippen LogP contribution is 2.32. The van der Waals surface area contributed by atoms with E-state index in [2.05, 4.69) is 10.4 Å². The maximum Gasteiger partial charge on any atom is 0.276 e. The second kappa shape index (κ2) is 6.95. The molecule has 7 nitrogen and oxygen atoms in total. The van der Waals surface area contributed by atoms with E-state index in [4.69, 9.17) is 9.47 Å². The highest BCUT2D eigenvalue weighted by Gasteiger charge is 2.17. The summed E-state index contributed by atoms with van der Waals surface area (Å²) in [6, 6.07) is 16.2. The second-order valence-corrected chi connectivity index (χ2v) is 6.12. The van der Waals surface area contributed by atoms with Gasteiger partial charge in [0.15, 0.2) is 17.2 Å². The predicted octanol–water partition coefficient (Wildman–Crippen LogP) is 2.20. The van der Waals surface area contributed by atoms with Crippen LogP contribution >= 0.6 is 0 Å². The number of rotatable bonds is 4. The summed E-state index contributed by atoms with van der Waals surface area (Å²) in [6.45, 7) is 2.21. The third kappa shape index (κ3) is 3.39. The molecular weight excluding hydrogens is 346 g/mol. The van der Waals surface area contributed by atoms with Crippen molar-refractivity contribution in [1.29, 1.82) is 0 Å². The normalized spacial score (nSPS) is 12.0. The molecule has 1 aromatic heterocycles. The number of aromatic nitrogens is 2. The maximum absolute atomic E-state index is 12.5. The number of benzene rings is 2. The maximum atomic E-state index is 12.5. The van der Waals surface area contributed by atoms with Crippen LogP contribution in [0.1, 0.15) is 21.7 Å². The Morgan fingerprint density at radius 2 is 1.89 bits per heavy atom. The molecular formula is C20H17N3O4. The molecule has 0 atom stereocenters. The first-order valence-corrected chi connectivity index (χ1v) is 8.45. The molecule has 0 radical (unpaired) electrons. The minimum absolute atomic E-state index is 0.148. The molecule has 0 saturated heterocycles. The van der Waals surface area contributed by atoms with Crippen LogP contribution < -0.4 is 20.2 Å². The zero-order valence-corrected chi connectivity index (χ0v) is 14.6. The van der Waals surface area contributed by atoms with Crippen LogP contribution in [0.5, 0.6) is 11.5 Å². The third-order valence-corrected chi connectivity index (χ3v) is 4.21. The molecule has 0 spiro atoms. The van der Waals surface area contributed by atoms with Gasteiger partial charge in [-0.1, -0.05) is 24.3 Å². The van der Waals surface area contributed by atoms with Gasteiger partial charge in [-0.3, -0.25) is 9.59 Å². The standard InChI is InChI=1S/C20H17N3O4/c1-13-9-16(24)19(22-23(13)15-5-3-2-4-6-15)20(25)21-11-14-7-8-17-18(10-14)27-12-26-17/h2-10H,11-12H2,1H3,(H,21,25). The van der Waals surface area contributed by atoms with Crippen molar-refractivity contribution in [1.82, 2.24) is 15.1 Å². The Bertz CT molecular complexity index is 1060. The number of nitrogens with zero attached hydrogens (tertiary/aromatic N) is 2. The van der Waals surface area contributed by atoms with Crippen LogP contribution in [0.4, 0.5) is 0 Å². The molecule has 0 unspecified atom stereocenters. The lowest BCUT2D eigenvalue weighted by Gasteiger charge is -2.11. The molecule has 2 heterocycles. The first kappa shape index (κ1) is 16.8. The molecule has 0 bridgehead atoms. The van der Waals surface area contributed by atoms with E-state index in [-0.39, 0.29) is 19.0 Å². The number of para-hydroxylation sites is 1. The molecule has 136 valence electrons. The minimum Gasteiger partial charge on any atom is -0.454 e. The summed E-state index contributed by atoms with van der Waals surface area (Å²) >= 11 is 0. The van der Waals surface area contributed by atoms with Crippen LogP contribution in [0.15, 0.2) is 59.4 Å². The van der Waals surface area contributed by atoms with E-state index in [0.717, 1.165) is 11.3 Å². The summed E-state index contributed by atoms with van der Waals surface area (Å²) in [5.41, 5.74) is 1.70. The number of carbonyl (C=O) groups excluding carboxylic acids is 1. The molecule has 1 aliphatic rings. The quantitative estimate of drug-likeness (QED) is 0.768. The summed E-state index contributed by atoms with van der Waals surface area (Å²) in [4.78, 5) is 24.8. The van der Waals surface area contributed by atoms with Gasteiger partial charge in [-0.15, -0.1) is 0 Å². The zero-order valence-electron chi connectivity index (χ0n) is 14.6. The highest BCUT2D eigenvalue weighted by molar-refractivity contribution is 5.92. The average Bonchev–Trinajstić information content (AvgIpc) is 3.15. The Morgan fingerprint density at radius 1 is 1.11 bits per heavy atom. The molecule has 0 fully saturated rings. The molecule has 1 amide bonds. The van der Waals surface area contributed by atoms with Crippen LogP contribution in [0.3, 0.4) is 0 Å². The summed E-state index contributed by atoms with van der Waals surface area (Å²) in [6.07, 6.45) is 0. The monoisotopic (exact) mass is 363 g/mol. The number of nitrogens with one attached hydrogen (secondary N) is 1. The summed E-state index contributed by atoms with van der Waals surface area (Å²) in [5, 5.41) is 6.99. The smallest absolute Gasteiger partial charge is 0.276 e. The van der Waals surface area contributed by atoms with Crippen LogP contribution in [-0.2, 0) is 6.54 Å². The van der Waals surface area contributed by atoms with Gasteiger partial charge < -0.3 is 14.8 Å². The van der Waals surface area contributed by atoms with Gasteiger partial charge in [0.25, 0.3) is 5.91 Å². The molecule has 0 saturated carbocycles. The predicted molar refractivity (Wildman–Crippen MR) is 98.3 cm³/mol. The fraction of sp³-hybridized carbons (Fsp3) is 0.150. The largest absolute Gasteiger partial charge is 0.454 e. The number of hydrogen-bond donors (Lipinski definition) is 1. The van der Waals surface area contributed by atoms with E-state index < -0.39 is 11.3 Å². The topological polar surface area (TPSA) is 82.5 Å². The van der Waals surface area contributed by atoms with Crippen LogP contribution in [0.25, 0.3) is 5.69 Å². The Kier molecular flexibility index (Phi) is 4.33. The van der Waals surface area contributed by atoms with Gasteiger partial charge in [0.1, 0.15) is 0 Å². The van der Waals surface area contributed by atoms with E-state index in [0.29, 0.717) is 17.2 Å². The van der Waals surface area contributed by atoms with Crippen LogP contribution in [0.2, 0.25) is 0 Å². The van der Waals surface area contributed by atoms with Gasteiger partial charge in [-0.05, 0) is 36.8 Å². The molecule has 1 aliphatic heterocycles. The Morgan fingerprint density at radius 3 is 2.70 bits per heavy atom. The molecule has 27 heavy (non-hydrogen) atoms. The van der Waals surface area contributed by atoms with Gasteiger partial charge in [0, 0.05) is 18.3 Å². The van der Waals surface area contributed by atoms with Crippen molar-refractivity contribution >= 4 is 5.91 Å². The van der Waals surface area contributed by atoms with E-state index in [1.54, 1.807) is 23.7 Å². The Hall–Kier alpha value is -3.61. The second-order valence-electron chi connectivity index (χ2n) is 6.12. The average molecular weight is 363 g/mol. The molecule has 4 rings (SSSR count). The van der Waals surface area contributed by atoms with Crippen molar-refractivity contribution < 1.29 is 14.3 Å². The lowest BCUT2D eigenvalue weighted by molar-refractivity contribution is 0.0943. The van der Waals surface area contributed by atoms with Crippen molar-refractivity contribution in [3.05, 3.63) is 81.8 Å². The lowest BCUT2D eigenvalue weighted by atomic mass is 10.2. The molecule has 3 aromatic rings. The number of carbonyl (C=O) groups is 1.